The zero-order chi connectivity index (χ0) is 29.6. The summed E-state index contributed by atoms with van der Waals surface area (Å²) < 4.78 is 40.6. The average molecular weight is 603 g/mol. The molecular formula is C30H20Cl2N4O4S. The molecule has 8 nitrogen and oxygen atoms in total. The van der Waals surface area contributed by atoms with Crippen molar-refractivity contribution in [3.8, 4) is 17.9 Å². The number of benzene rings is 3. The number of allylic oxidation sites excluding steroid dienone is 5. The molecule has 1 aliphatic heterocycles. The summed E-state index contributed by atoms with van der Waals surface area (Å²) in [6.45, 7) is 7.56. The Hall–Kier alpha value is -4.56. The summed E-state index contributed by atoms with van der Waals surface area (Å²) in [6, 6.07) is 23.6. The molecule has 204 valence electrons. The standard InChI is InChI=1S/C30H20Cl2N4O4S/c1-35-25(19-34)30(21-8-5-9-23(31)16-21)22(18-33)10-13-29-36(26-17-24(32)11-12-27(26)40-29)15-14-28(41(37,38)39)20-6-3-2-4-7-20/h2-13,16-17,28H,14-15H2,(H,37,38,39). The maximum absolute atomic E-state index is 12.3. The molecule has 0 saturated carbocycles. The number of nitriles is 2. The van der Waals surface area contributed by atoms with E-state index < -0.39 is 15.4 Å². The van der Waals surface area contributed by atoms with Crippen molar-refractivity contribution in [3.63, 3.8) is 0 Å². The molecule has 0 fully saturated rings. The minimum atomic E-state index is -4.45. The third-order valence-electron chi connectivity index (χ3n) is 6.19. The normalized spacial score (nSPS) is 15.2. The molecular weight excluding hydrogens is 583 g/mol. The van der Waals surface area contributed by atoms with Crippen LogP contribution in [0.4, 0.5) is 5.69 Å². The minimum absolute atomic E-state index is 0.00459. The molecule has 3 aromatic carbocycles. The van der Waals surface area contributed by atoms with Crippen molar-refractivity contribution in [3.05, 3.63) is 135 Å². The summed E-state index contributed by atoms with van der Waals surface area (Å²) in [5.41, 5.74) is 1.21. The van der Waals surface area contributed by atoms with Gasteiger partial charge in [-0.1, -0.05) is 65.7 Å². The summed E-state index contributed by atoms with van der Waals surface area (Å²) in [5.74, 6) is 0.684. The van der Waals surface area contributed by atoms with E-state index in [0.29, 0.717) is 32.6 Å². The number of fused-ring (bicyclic) bond motifs is 1. The monoisotopic (exact) mass is 602 g/mol. The molecule has 1 atom stereocenters. The summed E-state index contributed by atoms with van der Waals surface area (Å²) in [7, 11) is -4.45. The van der Waals surface area contributed by atoms with Gasteiger partial charge in [0.25, 0.3) is 15.8 Å². The highest BCUT2D eigenvalue weighted by molar-refractivity contribution is 7.86. The maximum Gasteiger partial charge on any atom is 0.272 e. The minimum Gasteiger partial charge on any atom is -0.439 e. The van der Waals surface area contributed by atoms with Crippen molar-refractivity contribution < 1.29 is 17.7 Å². The van der Waals surface area contributed by atoms with Crippen LogP contribution in [-0.4, -0.2) is 19.5 Å². The Morgan fingerprint density at radius 1 is 1.05 bits per heavy atom. The molecule has 0 spiro atoms. The van der Waals surface area contributed by atoms with Gasteiger partial charge in [0.05, 0.1) is 30.0 Å². The third kappa shape index (κ3) is 6.78. The maximum atomic E-state index is 12.3. The van der Waals surface area contributed by atoms with Gasteiger partial charge in [0.15, 0.2) is 5.75 Å². The van der Waals surface area contributed by atoms with Crippen LogP contribution in [0, 0.1) is 29.2 Å². The third-order valence-corrected chi connectivity index (χ3v) is 7.89. The zero-order valence-corrected chi connectivity index (χ0v) is 23.5. The lowest BCUT2D eigenvalue weighted by Crippen LogP contribution is -2.25. The van der Waals surface area contributed by atoms with Crippen LogP contribution in [0.15, 0.2) is 102 Å². The van der Waals surface area contributed by atoms with Crippen LogP contribution in [0.3, 0.4) is 0 Å². The van der Waals surface area contributed by atoms with Gasteiger partial charge in [-0.05, 0) is 54.0 Å². The predicted molar refractivity (Wildman–Crippen MR) is 157 cm³/mol. The van der Waals surface area contributed by atoms with E-state index in [1.807, 2.05) is 12.1 Å². The Morgan fingerprint density at radius 3 is 2.41 bits per heavy atom. The van der Waals surface area contributed by atoms with E-state index in [0.717, 1.165) is 0 Å². The van der Waals surface area contributed by atoms with E-state index in [1.54, 1.807) is 77.7 Å². The predicted octanol–water partition coefficient (Wildman–Crippen LogP) is 7.36. The van der Waals surface area contributed by atoms with Crippen LogP contribution < -0.4 is 9.64 Å². The van der Waals surface area contributed by atoms with Gasteiger partial charge in [-0.15, -0.1) is 0 Å². The van der Waals surface area contributed by atoms with Crippen molar-refractivity contribution >= 4 is 44.6 Å². The van der Waals surface area contributed by atoms with Crippen LogP contribution in [0.2, 0.25) is 10.0 Å². The Balaban J connectivity index is 1.77. The summed E-state index contributed by atoms with van der Waals surface area (Å²) in [5, 5.41) is 19.2. The molecule has 0 aliphatic carbocycles. The molecule has 1 unspecified atom stereocenters. The SMILES string of the molecule is [C-]#[N+]C(C#N)=C(C(C#N)=CC=C1Oc2ccc(Cl)cc2N1CCC(c1ccccc1)S(=O)(=O)O)c1cccc(Cl)c1. The second-order valence-corrected chi connectivity index (χ2v) is 11.2. The van der Waals surface area contributed by atoms with Crippen molar-refractivity contribution in [1.82, 2.24) is 0 Å². The quantitative estimate of drug-likeness (QED) is 0.124. The number of rotatable bonds is 8. The first-order valence-corrected chi connectivity index (χ1v) is 14.3. The highest BCUT2D eigenvalue weighted by Gasteiger charge is 2.31. The van der Waals surface area contributed by atoms with Crippen molar-refractivity contribution in [1.29, 1.82) is 10.5 Å². The average Bonchev–Trinajstić information content (AvgIpc) is 3.29. The summed E-state index contributed by atoms with van der Waals surface area (Å²) in [6.07, 6.45) is 2.89. The number of anilines is 1. The fourth-order valence-electron chi connectivity index (χ4n) is 4.36. The molecule has 0 radical (unpaired) electrons. The molecule has 0 bridgehead atoms. The van der Waals surface area contributed by atoms with Crippen LogP contribution in [0.25, 0.3) is 10.4 Å². The molecule has 41 heavy (non-hydrogen) atoms. The molecule has 11 heteroatoms. The zero-order valence-electron chi connectivity index (χ0n) is 21.2. The van der Waals surface area contributed by atoms with E-state index in [-0.39, 0.29) is 35.7 Å². The van der Waals surface area contributed by atoms with Crippen LogP contribution in [-0.2, 0) is 10.1 Å². The van der Waals surface area contributed by atoms with Gasteiger partial charge in [0, 0.05) is 28.2 Å². The molecule has 1 N–H and O–H groups in total. The molecule has 4 rings (SSSR count). The fourth-order valence-corrected chi connectivity index (χ4v) is 5.62. The lowest BCUT2D eigenvalue weighted by Gasteiger charge is -2.21. The molecule has 0 amide bonds. The van der Waals surface area contributed by atoms with E-state index >= 15 is 0 Å². The van der Waals surface area contributed by atoms with E-state index in [4.69, 9.17) is 34.5 Å². The van der Waals surface area contributed by atoms with E-state index in [2.05, 4.69) is 4.85 Å². The lowest BCUT2D eigenvalue weighted by atomic mass is 9.96. The number of ether oxygens (including phenoxy) is 1. The smallest absolute Gasteiger partial charge is 0.272 e. The van der Waals surface area contributed by atoms with Gasteiger partial charge < -0.3 is 9.64 Å². The largest absolute Gasteiger partial charge is 0.439 e. The second kappa shape index (κ2) is 12.7. The highest BCUT2D eigenvalue weighted by atomic mass is 35.5. The second-order valence-electron chi connectivity index (χ2n) is 8.72. The summed E-state index contributed by atoms with van der Waals surface area (Å²) >= 11 is 12.4. The topological polar surface area (TPSA) is 119 Å². The van der Waals surface area contributed by atoms with Gasteiger partial charge >= 0.3 is 0 Å². The Labute approximate surface area is 247 Å². The molecule has 1 aliphatic rings. The molecule has 0 aromatic heterocycles. The van der Waals surface area contributed by atoms with E-state index in [1.165, 1.54) is 12.2 Å². The van der Waals surface area contributed by atoms with Gasteiger partial charge in [-0.3, -0.25) is 4.55 Å². The van der Waals surface area contributed by atoms with Crippen LogP contribution in [0.5, 0.6) is 5.75 Å². The summed E-state index contributed by atoms with van der Waals surface area (Å²) in [4.78, 5) is 4.97. The Bertz CT molecular complexity index is 1800. The Morgan fingerprint density at radius 2 is 1.78 bits per heavy atom. The first-order chi connectivity index (χ1) is 19.7. The van der Waals surface area contributed by atoms with Crippen LogP contribution in [0.1, 0.15) is 22.8 Å². The highest BCUT2D eigenvalue weighted by Crippen LogP contribution is 2.42. The van der Waals surface area contributed by atoms with Crippen LogP contribution >= 0.6 is 23.2 Å². The Kier molecular flexibility index (Phi) is 9.14. The number of halogens is 2. The first-order valence-electron chi connectivity index (χ1n) is 12.0. The van der Waals surface area contributed by atoms with Crippen molar-refractivity contribution in [2.45, 2.75) is 11.7 Å². The molecule has 3 aromatic rings. The fraction of sp³-hybridized carbons (Fsp3) is 0.100. The van der Waals surface area contributed by atoms with Crippen molar-refractivity contribution in [2.24, 2.45) is 0 Å². The molecule has 0 saturated heterocycles. The van der Waals surface area contributed by atoms with Crippen molar-refractivity contribution in [2.75, 3.05) is 11.4 Å². The number of nitrogens with zero attached hydrogens (tertiary/aromatic N) is 4. The first kappa shape index (κ1) is 29.4. The van der Waals surface area contributed by atoms with E-state index in [9.17, 15) is 23.5 Å². The van der Waals surface area contributed by atoms with Gasteiger partial charge in [0.2, 0.25) is 5.88 Å². The number of hydrogen-bond donors (Lipinski definition) is 1. The lowest BCUT2D eigenvalue weighted by molar-refractivity contribution is 0.433. The van der Waals surface area contributed by atoms with Gasteiger partial charge in [-0.2, -0.15) is 13.7 Å². The van der Waals surface area contributed by atoms with Gasteiger partial charge in [-0.25, -0.2) is 10.1 Å². The number of hydrogen-bond acceptors (Lipinski definition) is 6. The molecule has 1 heterocycles. The van der Waals surface area contributed by atoms with Gasteiger partial charge in [0.1, 0.15) is 5.25 Å².